The van der Waals surface area contributed by atoms with Gasteiger partial charge in [0, 0.05) is 13.1 Å². The zero-order valence-electron chi connectivity index (χ0n) is 12.8. The second-order valence-electron chi connectivity index (χ2n) is 5.79. The van der Waals surface area contributed by atoms with Gasteiger partial charge in [-0.3, -0.25) is 9.59 Å². The first kappa shape index (κ1) is 14.9. The Balaban J connectivity index is 1.56. The molecule has 3 heterocycles. The number of benzene rings is 1. The molecule has 1 fully saturated rings. The molecule has 1 aliphatic heterocycles. The molecule has 122 valence electrons. The van der Waals surface area contributed by atoms with E-state index in [9.17, 15) is 9.59 Å². The van der Waals surface area contributed by atoms with Crippen molar-refractivity contribution in [3.63, 3.8) is 0 Å². The van der Waals surface area contributed by atoms with Crippen molar-refractivity contribution in [1.82, 2.24) is 9.88 Å². The van der Waals surface area contributed by atoms with E-state index in [0.29, 0.717) is 25.3 Å². The molecule has 1 unspecified atom stereocenters. The molecule has 7 heteroatoms. The van der Waals surface area contributed by atoms with Crippen LogP contribution >= 0.6 is 11.3 Å². The fraction of sp³-hybridized carbons (Fsp3) is 0.235. The third kappa shape index (κ3) is 2.56. The van der Waals surface area contributed by atoms with E-state index in [-0.39, 0.29) is 23.5 Å². The quantitative estimate of drug-likeness (QED) is 0.792. The Morgan fingerprint density at radius 2 is 2.08 bits per heavy atom. The topological polar surface area (TPSA) is 89.4 Å². The summed E-state index contributed by atoms with van der Waals surface area (Å²) in [6.07, 6.45) is 0.604. The molecular weight excluding hydrogens is 326 g/mol. The molecule has 0 radical (unpaired) electrons. The van der Waals surface area contributed by atoms with Gasteiger partial charge >= 0.3 is 0 Å². The van der Waals surface area contributed by atoms with Gasteiger partial charge in [-0.2, -0.15) is 0 Å². The number of hydrogen-bond acceptors (Lipinski definition) is 5. The number of rotatable bonds is 3. The highest BCUT2D eigenvalue weighted by Gasteiger charge is 2.31. The molecule has 3 aromatic rings. The highest BCUT2D eigenvalue weighted by Crippen LogP contribution is 2.31. The SMILES string of the molecule is NC(=O)C1CCN(C(=O)c2ccc(-c3nc4ccccc4s3)o2)C1. The van der Waals surface area contributed by atoms with Crippen molar-refractivity contribution in [2.24, 2.45) is 11.7 Å². The lowest BCUT2D eigenvalue weighted by Crippen LogP contribution is -2.31. The lowest BCUT2D eigenvalue weighted by atomic mass is 10.1. The molecule has 0 spiro atoms. The summed E-state index contributed by atoms with van der Waals surface area (Å²) < 4.78 is 6.78. The lowest BCUT2D eigenvalue weighted by molar-refractivity contribution is -0.121. The zero-order valence-corrected chi connectivity index (χ0v) is 13.6. The number of hydrogen-bond donors (Lipinski definition) is 1. The van der Waals surface area contributed by atoms with Crippen LogP contribution in [0, 0.1) is 5.92 Å². The fourth-order valence-electron chi connectivity index (χ4n) is 2.88. The van der Waals surface area contributed by atoms with Gasteiger partial charge in [-0.05, 0) is 30.7 Å². The van der Waals surface area contributed by atoms with E-state index in [2.05, 4.69) is 4.98 Å². The smallest absolute Gasteiger partial charge is 0.289 e. The lowest BCUT2D eigenvalue weighted by Gasteiger charge is -2.13. The van der Waals surface area contributed by atoms with Crippen molar-refractivity contribution in [2.75, 3.05) is 13.1 Å². The third-order valence-corrected chi connectivity index (χ3v) is 5.25. The van der Waals surface area contributed by atoms with E-state index in [1.54, 1.807) is 17.0 Å². The number of carbonyl (C=O) groups is 2. The van der Waals surface area contributed by atoms with Crippen molar-refractivity contribution in [3.05, 3.63) is 42.2 Å². The van der Waals surface area contributed by atoms with Gasteiger partial charge in [-0.1, -0.05) is 12.1 Å². The summed E-state index contributed by atoms with van der Waals surface area (Å²) >= 11 is 1.52. The monoisotopic (exact) mass is 341 g/mol. The van der Waals surface area contributed by atoms with E-state index < -0.39 is 0 Å². The number of amides is 2. The first-order chi connectivity index (χ1) is 11.6. The molecule has 0 aliphatic carbocycles. The summed E-state index contributed by atoms with van der Waals surface area (Å²) in [6, 6.07) is 11.3. The first-order valence-electron chi connectivity index (χ1n) is 7.66. The van der Waals surface area contributed by atoms with Gasteiger partial charge in [-0.25, -0.2) is 4.98 Å². The second-order valence-corrected chi connectivity index (χ2v) is 6.82. The van der Waals surface area contributed by atoms with Crippen LogP contribution in [0.2, 0.25) is 0 Å². The van der Waals surface area contributed by atoms with Crippen molar-refractivity contribution in [3.8, 4) is 10.8 Å². The van der Waals surface area contributed by atoms with Crippen molar-refractivity contribution in [1.29, 1.82) is 0 Å². The molecule has 0 saturated carbocycles. The number of para-hydroxylation sites is 1. The summed E-state index contributed by atoms with van der Waals surface area (Å²) in [4.78, 5) is 29.9. The normalized spacial score (nSPS) is 17.5. The standard InChI is InChI=1S/C17H15N3O3S/c18-15(21)10-7-8-20(9-10)17(22)13-6-5-12(23-13)16-19-11-3-1-2-4-14(11)24-16/h1-6,10H,7-9H2,(H2,18,21). The number of aromatic nitrogens is 1. The van der Waals surface area contributed by atoms with Crippen molar-refractivity contribution in [2.45, 2.75) is 6.42 Å². The number of nitrogens with zero attached hydrogens (tertiary/aromatic N) is 2. The predicted octanol–water partition coefficient (Wildman–Crippen LogP) is 2.50. The van der Waals surface area contributed by atoms with Crippen LogP contribution in [-0.2, 0) is 4.79 Å². The van der Waals surface area contributed by atoms with Gasteiger partial charge < -0.3 is 15.1 Å². The Labute approximate surface area is 141 Å². The summed E-state index contributed by atoms with van der Waals surface area (Å²) in [6.45, 7) is 0.870. The molecule has 1 atom stereocenters. The number of nitrogens with two attached hydrogens (primary N) is 1. The van der Waals surface area contributed by atoms with Crippen LogP contribution in [0.25, 0.3) is 21.0 Å². The first-order valence-corrected chi connectivity index (χ1v) is 8.48. The van der Waals surface area contributed by atoms with Crippen LogP contribution in [0.5, 0.6) is 0 Å². The van der Waals surface area contributed by atoms with Gasteiger partial charge in [0.1, 0.15) is 0 Å². The minimum Gasteiger partial charge on any atom is -0.448 e. The molecular formula is C17H15N3O3S. The molecule has 1 aliphatic rings. The summed E-state index contributed by atoms with van der Waals surface area (Å²) in [5.74, 6) is -0.0155. The molecule has 1 aromatic carbocycles. The number of likely N-dealkylation sites (tertiary alicyclic amines) is 1. The van der Waals surface area contributed by atoms with Crippen molar-refractivity contribution >= 4 is 33.4 Å². The van der Waals surface area contributed by atoms with E-state index in [1.165, 1.54) is 11.3 Å². The summed E-state index contributed by atoms with van der Waals surface area (Å²) in [7, 11) is 0. The maximum Gasteiger partial charge on any atom is 0.289 e. The fourth-order valence-corrected chi connectivity index (χ4v) is 3.81. The van der Waals surface area contributed by atoms with Crippen LogP contribution in [0.3, 0.4) is 0 Å². The average Bonchev–Trinajstić information content (AvgIpc) is 3.31. The van der Waals surface area contributed by atoms with E-state index in [0.717, 1.165) is 15.2 Å². The molecule has 2 N–H and O–H groups in total. The largest absolute Gasteiger partial charge is 0.448 e. The van der Waals surface area contributed by atoms with Crippen molar-refractivity contribution < 1.29 is 14.0 Å². The number of thiazole rings is 1. The summed E-state index contributed by atoms with van der Waals surface area (Å²) in [5.41, 5.74) is 6.22. The Bertz CT molecular complexity index is 897. The maximum absolute atomic E-state index is 12.5. The highest BCUT2D eigenvalue weighted by molar-refractivity contribution is 7.21. The Morgan fingerprint density at radius 3 is 2.83 bits per heavy atom. The molecule has 24 heavy (non-hydrogen) atoms. The molecule has 6 nitrogen and oxygen atoms in total. The van der Waals surface area contributed by atoms with Crippen LogP contribution in [0.15, 0.2) is 40.8 Å². The number of furan rings is 1. The number of fused-ring (bicyclic) bond motifs is 1. The molecule has 4 rings (SSSR count). The van der Waals surface area contributed by atoms with Gasteiger partial charge in [0.05, 0.1) is 16.1 Å². The zero-order chi connectivity index (χ0) is 16.7. The Hall–Kier alpha value is -2.67. The van der Waals surface area contributed by atoms with Gasteiger partial charge in [-0.15, -0.1) is 11.3 Å². The summed E-state index contributed by atoms with van der Waals surface area (Å²) in [5, 5.41) is 0.742. The molecule has 2 amide bonds. The Kier molecular flexibility index (Phi) is 3.57. The van der Waals surface area contributed by atoms with Gasteiger partial charge in [0.15, 0.2) is 16.5 Å². The van der Waals surface area contributed by atoms with Crippen LogP contribution in [0.1, 0.15) is 17.0 Å². The number of primary amides is 1. The average molecular weight is 341 g/mol. The molecule has 1 saturated heterocycles. The number of carbonyl (C=O) groups excluding carboxylic acids is 2. The highest BCUT2D eigenvalue weighted by atomic mass is 32.1. The van der Waals surface area contributed by atoms with E-state index in [4.69, 9.17) is 10.2 Å². The minimum absolute atomic E-state index is 0.217. The maximum atomic E-state index is 12.5. The molecule has 2 aromatic heterocycles. The Morgan fingerprint density at radius 1 is 1.25 bits per heavy atom. The molecule has 0 bridgehead atoms. The van der Waals surface area contributed by atoms with Gasteiger partial charge in [0.25, 0.3) is 5.91 Å². The van der Waals surface area contributed by atoms with Crippen LogP contribution in [0.4, 0.5) is 0 Å². The van der Waals surface area contributed by atoms with Crippen LogP contribution < -0.4 is 5.73 Å². The van der Waals surface area contributed by atoms with Gasteiger partial charge in [0.2, 0.25) is 5.91 Å². The minimum atomic E-state index is -0.361. The third-order valence-electron chi connectivity index (χ3n) is 4.20. The second kappa shape index (κ2) is 5.76. The van der Waals surface area contributed by atoms with E-state index in [1.807, 2.05) is 24.3 Å². The van der Waals surface area contributed by atoms with E-state index >= 15 is 0 Å². The predicted molar refractivity (Wildman–Crippen MR) is 90.5 cm³/mol. The van der Waals surface area contributed by atoms with Crippen LogP contribution in [-0.4, -0.2) is 34.8 Å².